The van der Waals surface area contributed by atoms with E-state index in [2.05, 4.69) is 15.6 Å². The number of urea groups is 1. The van der Waals surface area contributed by atoms with Crippen LogP contribution >= 0.6 is 11.6 Å². The second kappa shape index (κ2) is 6.16. The molecule has 2 rings (SSSR count). The molecule has 2 amide bonds. The summed E-state index contributed by atoms with van der Waals surface area (Å²) in [7, 11) is 0. The molecule has 6 heteroatoms. The highest BCUT2D eigenvalue weighted by Gasteiger charge is 2.07. The predicted molar refractivity (Wildman–Crippen MR) is 78.3 cm³/mol. The first kappa shape index (κ1) is 14.0. The number of anilines is 2. The van der Waals surface area contributed by atoms with Crippen molar-refractivity contribution >= 4 is 34.9 Å². The molecular weight excluding hydrogens is 278 g/mol. The Morgan fingerprint density at radius 3 is 2.40 bits per heavy atom. The Labute approximate surface area is 121 Å². The maximum Gasteiger partial charge on any atom is 0.324 e. The van der Waals surface area contributed by atoms with Crippen molar-refractivity contribution in [2.24, 2.45) is 0 Å². The van der Waals surface area contributed by atoms with Crippen molar-refractivity contribution in [3.8, 4) is 0 Å². The van der Waals surface area contributed by atoms with Crippen LogP contribution in [0.25, 0.3) is 0 Å². The van der Waals surface area contributed by atoms with Gasteiger partial charge < -0.3 is 5.32 Å². The Morgan fingerprint density at radius 2 is 1.80 bits per heavy atom. The summed E-state index contributed by atoms with van der Waals surface area (Å²) in [5.74, 6) is 0.258. The minimum atomic E-state index is -0.457. The lowest BCUT2D eigenvalue weighted by Gasteiger charge is -2.08. The zero-order chi connectivity index (χ0) is 14.5. The van der Waals surface area contributed by atoms with E-state index in [1.54, 1.807) is 36.4 Å². The van der Waals surface area contributed by atoms with Gasteiger partial charge in [0.1, 0.15) is 0 Å². The highest BCUT2D eigenvalue weighted by molar-refractivity contribution is 6.33. The summed E-state index contributed by atoms with van der Waals surface area (Å²) < 4.78 is 0. The predicted octanol–water partition coefficient (Wildman–Crippen LogP) is 3.58. The summed E-state index contributed by atoms with van der Waals surface area (Å²) in [4.78, 5) is 26.8. The quantitative estimate of drug-likeness (QED) is 0.848. The molecule has 1 heterocycles. The van der Waals surface area contributed by atoms with Crippen molar-refractivity contribution in [3.05, 3.63) is 53.2 Å². The number of amides is 2. The molecule has 0 spiro atoms. The van der Waals surface area contributed by atoms with Gasteiger partial charge in [-0.1, -0.05) is 11.6 Å². The number of benzene rings is 1. The number of aromatic nitrogens is 1. The Morgan fingerprint density at radius 1 is 1.10 bits per heavy atom. The fraction of sp³-hybridized carbons (Fsp3) is 0.0714. The number of ketones is 1. The zero-order valence-electron chi connectivity index (χ0n) is 10.7. The van der Waals surface area contributed by atoms with Crippen LogP contribution in [-0.2, 0) is 0 Å². The molecule has 2 aromatic rings. The molecule has 0 aliphatic heterocycles. The van der Waals surface area contributed by atoms with Crippen molar-refractivity contribution in [2.75, 3.05) is 10.6 Å². The Hall–Kier alpha value is -2.40. The molecule has 20 heavy (non-hydrogen) atoms. The van der Waals surface area contributed by atoms with E-state index >= 15 is 0 Å². The molecule has 0 radical (unpaired) electrons. The molecule has 0 saturated carbocycles. The van der Waals surface area contributed by atoms with Gasteiger partial charge in [0.15, 0.2) is 11.6 Å². The minimum Gasteiger partial charge on any atom is -0.308 e. The van der Waals surface area contributed by atoms with Gasteiger partial charge in [-0.3, -0.25) is 10.1 Å². The number of nitrogens with one attached hydrogen (secondary N) is 2. The summed E-state index contributed by atoms with van der Waals surface area (Å²) in [6, 6.07) is 9.43. The number of hydrogen-bond donors (Lipinski definition) is 2. The summed E-state index contributed by atoms with van der Waals surface area (Å²) in [5.41, 5.74) is 1.16. The van der Waals surface area contributed by atoms with Crippen LogP contribution < -0.4 is 10.6 Å². The molecule has 0 bridgehead atoms. The lowest BCUT2D eigenvalue weighted by molar-refractivity contribution is 0.101. The van der Waals surface area contributed by atoms with Gasteiger partial charge in [-0.25, -0.2) is 9.78 Å². The van der Waals surface area contributed by atoms with E-state index in [0.717, 1.165) is 0 Å². The van der Waals surface area contributed by atoms with Crippen molar-refractivity contribution in [2.45, 2.75) is 6.92 Å². The molecule has 0 fully saturated rings. The lowest BCUT2D eigenvalue weighted by Crippen LogP contribution is -2.20. The minimum absolute atomic E-state index is 0.0266. The van der Waals surface area contributed by atoms with Crippen LogP contribution in [-0.4, -0.2) is 16.8 Å². The van der Waals surface area contributed by atoms with Gasteiger partial charge in [0.2, 0.25) is 0 Å². The zero-order valence-corrected chi connectivity index (χ0v) is 11.4. The van der Waals surface area contributed by atoms with Crippen molar-refractivity contribution in [1.29, 1.82) is 0 Å². The number of hydrogen-bond acceptors (Lipinski definition) is 3. The van der Waals surface area contributed by atoms with E-state index in [4.69, 9.17) is 11.6 Å². The number of pyridine rings is 1. The van der Waals surface area contributed by atoms with Crippen LogP contribution in [0.3, 0.4) is 0 Å². The average Bonchev–Trinajstić information content (AvgIpc) is 2.42. The van der Waals surface area contributed by atoms with Gasteiger partial charge in [-0.15, -0.1) is 0 Å². The first-order chi connectivity index (χ1) is 9.56. The number of nitrogens with zero attached hydrogens (tertiary/aromatic N) is 1. The van der Waals surface area contributed by atoms with E-state index in [0.29, 0.717) is 16.3 Å². The topological polar surface area (TPSA) is 71.1 Å². The molecule has 0 aliphatic rings. The largest absolute Gasteiger partial charge is 0.324 e. The number of carbonyl (C=O) groups is 2. The van der Waals surface area contributed by atoms with Gasteiger partial charge in [0, 0.05) is 17.4 Å². The third kappa shape index (κ3) is 3.55. The van der Waals surface area contributed by atoms with Gasteiger partial charge in [0.05, 0.1) is 5.02 Å². The van der Waals surface area contributed by atoms with Gasteiger partial charge in [0.25, 0.3) is 0 Å². The van der Waals surface area contributed by atoms with Gasteiger partial charge in [-0.2, -0.15) is 0 Å². The van der Waals surface area contributed by atoms with Gasteiger partial charge in [-0.05, 0) is 43.3 Å². The van der Waals surface area contributed by atoms with Crippen LogP contribution in [0.5, 0.6) is 0 Å². The molecule has 0 saturated heterocycles. The third-order valence-corrected chi connectivity index (χ3v) is 2.84. The maximum absolute atomic E-state index is 11.8. The molecular formula is C14H12ClN3O2. The highest BCUT2D eigenvalue weighted by atomic mass is 35.5. The first-order valence-electron chi connectivity index (χ1n) is 5.86. The normalized spacial score (nSPS) is 9.90. The highest BCUT2D eigenvalue weighted by Crippen LogP contribution is 2.17. The Bertz CT molecular complexity index is 641. The van der Waals surface area contributed by atoms with E-state index in [-0.39, 0.29) is 11.6 Å². The van der Waals surface area contributed by atoms with Crippen LogP contribution in [0, 0.1) is 0 Å². The van der Waals surface area contributed by atoms with Gasteiger partial charge >= 0.3 is 6.03 Å². The molecule has 0 atom stereocenters. The van der Waals surface area contributed by atoms with Crippen LogP contribution in [0.15, 0.2) is 42.6 Å². The third-order valence-electron chi connectivity index (χ3n) is 2.54. The standard InChI is InChI=1S/C14H12ClN3O2/c1-9(19)10-4-6-11(7-5-10)17-14(20)18-13-12(15)3-2-8-16-13/h2-8H,1H3,(H2,16,17,18,20). The summed E-state index contributed by atoms with van der Waals surface area (Å²) >= 11 is 5.88. The number of halogens is 1. The summed E-state index contributed by atoms with van der Waals surface area (Å²) in [5, 5.41) is 5.52. The van der Waals surface area contributed by atoms with Crippen molar-refractivity contribution in [1.82, 2.24) is 4.98 Å². The Kier molecular flexibility index (Phi) is 4.32. The molecule has 5 nitrogen and oxygen atoms in total. The lowest BCUT2D eigenvalue weighted by atomic mass is 10.1. The van der Waals surface area contributed by atoms with Crippen molar-refractivity contribution in [3.63, 3.8) is 0 Å². The van der Waals surface area contributed by atoms with E-state index < -0.39 is 6.03 Å². The monoisotopic (exact) mass is 289 g/mol. The summed E-state index contributed by atoms with van der Waals surface area (Å²) in [6.07, 6.45) is 1.53. The molecule has 0 aliphatic carbocycles. The average molecular weight is 290 g/mol. The van der Waals surface area contributed by atoms with Crippen molar-refractivity contribution < 1.29 is 9.59 Å². The fourth-order valence-electron chi connectivity index (χ4n) is 1.54. The smallest absolute Gasteiger partial charge is 0.308 e. The number of Topliss-reactive ketones (excluding diaryl/α,β-unsaturated/α-hetero) is 1. The Balaban J connectivity index is 2.01. The van der Waals surface area contributed by atoms with E-state index in [9.17, 15) is 9.59 Å². The number of rotatable bonds is 3. The molecule has 102 valence electrons. The SMILES string of the molecule is CC(=O)c1ccc(NC(=O)Nc2ncccc2Cl)cc1. The van der Waals surface area contributed by atoms with Crippen LogP contribution in [0.2, 0.25) is 5.02 Å². The molecule has 1 aromatic carbocycles. The summed E-state index contributed by atoms with van der Waals surface area (Å²) in [6.45, 7) is 1.48. The maximum atomic E-state index is 11.8. The second-order valence-electron chi connectivity index (χ2n) is 4.05. The molecule has 1 aromatic heterocycles. The van der Waals surface area contributed by atoms with Crippen LogP contribution in [0.1, 0.15) is 17.3 Å². The molecule has 2 N–H and O–H groups in total. The van der Waals surface area contributed by atoms with Crippen LogP contribution in [0.4, 0.5) is 16.3 Å². The van der Waals surface area contributed by atoms with E-state index in [1.165, 1.54) is 13.1 Å². The molecule has 0 unspecified atom stereocenters. The number of carbonyl (C=O) groups excluding carboxylic acids is 2. The fourth-order valence-corrected chi connectivity index (χ4v) is 1.70. The first-order valence-corrected chi connectivity index (χ1v) is 6.23. The second-order valence-corrected chi connectivity index (χ2v) is 4.45. The van der Waals surface area contributed by atoms with E-state index in [1.807, 2.05) is 0 Å².